The minimum Gasteiger partial charge on any atom is -0.291 e. The maximum atomic E-state index is 11.8. The molecule has 0 heterocycles. The topological polar surface area (TPSA) is 34.1 Å². The van der Waals surface area contributed by atoms with E-state index >= 15 is 0 Å². The van der Waals surface area contributed by atoms with Crippen LogP contribution in [0.1, 0.15) is 17.5 Å². The highest BCUT2D eigenvalue weighted by Gasteiger charge is 2.13. The van der Waals surface area contributed by atoms with Crippen molar-refractivity contribution in [3.8, 4) is 0 Å². The van der Waals surface area contributed by atoms with E-state index in [2.05, 4.69) is 0 Å². The predicted molar refractivity (Wildman–Crippen MR) is 74.9 cm³/mol. The zero-order chi connectivity index (χ0) is 13.5. The molecule has 2 aromatic rings. The molecule has 0 atom stereocenters. The Morgan fingerprint density at radius 1 is 0.684 bits per heavy atom. The van der Waals surface area contributed by atoms with Crippen molar-refractivity contribution in [2.24, 2.45) is 0 Å². The average Bonchev–Trinajstić information content (AvgIpc) is 2.47. The molecule has 96 valence electrons. The molecule has 2 heteroatoms. The molecule has 0 saturated carbocycles. The van der Waals surface area contributed by atoms with Crippen LogP contribution in [0.2, 0.25) is 0 Å². The van der Waals surface area contributed by atoms with Gasteiger partial charge in [0.25, 0.3) is 0 Å². The van der Waals surface area contributed by atoms with Gasteiger partial charge >= 0.3 is 0 Å². The lowest BCUT2D eigenvalue weighted by Crippen LogP contribution is -2.16. The van der Waals surface area contributed by atoms with E-state index in [1.807, 2.05) is 60.7 Å². The number of Topliss-reactive ketones (excluding diaryl/α,β-unsaturated/α-hetero) is 2. The first-order valence-corrected chi connectivity index (χ1v) is 6.39. The van der Waals surface area contributed by atoms with Crippen molar-refractivity contribution in [3.05, 3.63) is 71.8 Å². The molecule has 0 radical (unpaired) electrons. The summed E-state index contributed by atoms with van der Waals surface area (Å²) in [7, 11) is 0. The van der Waals surface area contributed by atoms with Crippen LogP contribution in [0.5, 0.6) is 0 Å². The predicted octanol–water partition coefficient (Wildman–Crippen LogP) is 3.00. The van der Waals surface area contributed by atoms with Gasteiger partial charge in [0.05, 0.1) is 0 Å². The van der Waals surface area contributed by atoms with Gasteiger partial charge in [0.2, 0.25) is 5.78 Å². The number of carbonyl (C=O) groups excluding carboxylic acids is 2. The minimum atomic E-state index is -0.304. The fourth-order valence-corrected chi connectivity index (χ4v) is 1.92. The van der Waals surface area contributed by atoms with Gasteiger partial charge in [0, 0.05) is 12.8 Å². The second-order valence-electron chi connectivity index (χ2n) is 4.49. The maximum Gasteiger partial charge on any atom is 0.202 e. The molecule has 0 unspecified atom stereocenters. The van der Waals surface area contributed by atoms with Crippen molar-refractivity contribution in [2.45, 2.75) is 19.3 Å². The van der Waals surface area contributed by atoms with Gasteiger partial charge in [-0.15, -0.1) is 0 Å². The van der Waals surface area contributed by atoms with Gasteiger partial charge in [-0.1, -0.05) is 60.7 Å². The molecule has 19 heavy (non-hydrogen) atoms. The standard InChI is InChI=1S/C17H16O2/c18-16(12-11-14-7-3-1-4-8-14)17(19)13-15-9-5-2-6-10-15/h1-10H,11-13H2. The van der Waals surface area contributed by atoms with Crippen molar-refractivity contribution in [2.75, 3.05) is 0 Å². The lowest BCUT2D eigenvalue weighted by Gasteiger charge is -2.01. The second kappa shape index (κ2) is 6.64. The molecule has 0 spiro atoms. The van der Waals surface area contributed by atoms with Gasteiger partial charge in [-0.25, -0.2) is 0 Å². The quantitative estimate of drug-likeness (QED) is 0.741. The highest BCUT2D eigenvalue weighted by atomic mass is 16.2. The van der Waals surface area contributed by atoms with Crippen LogP contribution in [0.25, 0.3) is 0 Å². The first-order chi connectivity index (χ1) is 9.25. The summed E-state index contributed by atoms with van der Waals surface area (Å²) in [5.41, 5.74) is 1.98. The van der Waals surface area contributed by atoms with E-state index in [1.54, 1.807) is 0 Å². The first-order valence-electron chi connectivity index (χ1n) is 6.39. The molecule has 2 nitrogen and oxygen atoms in total. The highest BCUT2D eigenvalue weighted by Crippen LogP contribution is 2.05. The minimum absolute atomic E-state index is 0.203. The molecule has 0 aliphatic heterocycles. The van der Waals surface area contributed by atoms with E-state index in [0.717, 1.165) is 11.1 Å². The van der Waals surface area contributed by atoms with Crippen LogP contribution in [-0.4, -0.2) is 11.6 Å². The lowest BCUT2D eigenvalue weighted by molar-refractivity contribution is -0.136. The maximum absolute atomic E-state index is 11.8. The molecule has 0 aromatic heterocycles. The Balaban J connectivity index is 1.85. The van der Waals surface area contributed by atoms with Gasteiger partial charge in [-0.2, -0.15) is 0 Å². The number of benzene rings is 2. The second-order valence-corrected chi connectivity index (χ2v) is 4.49. The van der Waals surface area contributed by atoms with Gasteiger partial charge in [-0.05, 0) is 17.5 Å². The summed E-state index contributed by atoms with van der Waals surface area (Å²) in [4.78, 5) is 23.6. The SMILES string of the molecule is O=C(CCc1ccccc1)C(=O)Cc1ccccc1. The van der Waals surface area contributed by atoms with Crippen molar-refractivity contribution >= 4 is 11.6 Å². The van der Waals surface area contributed by atoms with Gasteiger partial charge in [0.15, 0.2) is 5.78 Å². The van der Waals surface area contributed by atoms with E-state index in [-0.39, 0.29) is 24.4 Å². The van der Waals surface area contributed by atoms with Gasteiger partial charge in [-0.3, -0.25) is 9.59 Å². The Kier molecular flexibility index (Phi) is 4.62. The van der Waals surface area contributed by atoms with Crippen LogP contribution in [0, 0.1) is 0 Å². The largest absolute Gasteiger partial charge is 0.291 e. The molecular formula is C17H16O2. The third-order valence-corrected chi connectivity index (χ3v) is 3.00. The molecule has 2 aromatic carbocycles. The molecule has 0 bridgehead atoms. The van der Waals surface area contributed by atoms with Crippen molar-refractivity contribution in [1.29, 1.82) is 0 Å². The van der Waals surface area contributed by atoms with E-state index in [0.29, 0.717) is 6.42 Å². The van der Waals surface area contributed by atoms with E-state index in [1.165, 1.54) is 0 Å². The van der Waals surface area contributed by atoms with Gasteiger partial charge in [0.1, 0.15) is 0 Å². The molecule has 0 fully saturated rings. The fraction of sp³-hybridized carbons (Fsp3) is 0.176. The molecule has 0 aliphatic carbocycles. The van der Waals surface area contributed by atoms with Crippen LogP contribution in [-0.2, 0) is 22.4 Å². The smallest absolute Gasteiger partial charge is 0.202 e. The number of aryl methyl sites for hydroxylation is 1. The third-order valence-electron chi connectivity index (χ3n) is 3.00. The Morgan fingerprint density at radius 3 is 1.79 bits per heavy atom. The van der Waals surface area contributed by atoms with Crippen LogP contribution >= 0.6 is 0 Å². The number of hydrogen-bond acceptors (Lipinski definition) is 2. The summed E-state index contributed by atoms with van der Waals surface area (Å²) < 4.78 is 0. The van der Waals surface area contributed by atoms with Crippen LogP contribution in [0.4, 0.5) is 0 Å². The Morgan fingerprint density at radius 2 is 1.21 bits per heavy atom. The van der Waals surface area contributed by atoms with Crippen molar-refractivity contribution in [3.63, 3.8) is 0 Å². The number of rotatable bonds is 6. The number of hydrogen-bond donors (Lipinski definition) is 0. The summed E-state index contributed by atoms with van der Waals surface area (Å²) >= 11 is 0. The summed E-state index contributed by atoms with van der Waals surface area (Å²) in [6.45, 7) is 0. The van der Waals surface area contributed by atoms with Gasteiger partial charge < -0.3 is 0 Å². The van der Waals surface area contributed by atoms with E-state index in [4.69, 9.17) is 0 Å². The van der Waals surface area contributed by atoms with Crippen molar-refractivity contribution < 1.29 is 9.59 Å². The number of ketones is 2. The van der Waals surface area contributed by atoms with Crippen LogP contribution < -0.4 is 0 Å². The van der Waals surface area contributed by atoms with Crippen LogP contribution in [0.3, 0.4) is 0 Å². The Labute approximate surface area is 113 Å². The zero-order valence-electron chi connectivity index (χ0n) is 10.7. The summed E-state index contributed by atoms with van der Waals surface area (Å²) in [6, 6.07) is 19.1. The third kappa shape index (κ3) is 4.18. The summed E-state index contributed by atoms with van der Waals surface area (Å²) in [6.07, 6.45) is 1.12. The molecule has 0 N–H and O–H groups in total. The molecule has 0 aliphatic rings. The summed E-state index contributed by atoms with van der Waals surface area (Å²) in [5, 5.41) is 0. The fourth-order valence-electron chi connectivity index (χ4n) is 1.92. The molecule has 0 amide bonds. The molecule has 0 saturated heterocycles. The van der Waals surface area contributed by atoms with Crippen LogP contribution in [0.15, 0.2) is 60.7 Å². The molecular weight excluding hydrogens is 236 g/mol. The lowest BCUT2D eigenvalue weighted by atomic mass is 10.0. The average molecular weight is 252 g/mol. The molecule has 2 rings (SSSR count). The van der Waals surface area contributed by atoms with E-state index in [9.17, 15) is 9.59 Å². The Bertz CT molecular complexity index is 544. The monoisotopic (exact) mass is 252 g/mol. The summed E-state index contributed by atoms with van der Waals surface area (Å²) in [5.74, 6) is -0.588. The van der Waals surface area contributed by atoms with Crippen molar-refractivity contribution in [1.82, 2.24) is 0 Å². The van der Waals surface area contributed by atoms with E-state index < -0.39 is 0 Å². The normalized spacial score (nSPS) is 10.1. The Hall–Kier alpha value is -2.22. The number of carbonyl (C=O) groups is 2. The highest BCUT2D eigenvalue weighted by molar-refractivity contribution is 6.37. The first kappa shape index (κ1) is 13.2. The zero-order valence-corrected chi connectivity index (χ0v) is 10.7.